The molecule has 4 heteroatoms. The highest BCUT2D eigenvalue weighted by molar-refractivity contribution is 7.22. The zero-order chi connectivity index (χ0) is 12.8. The Morgan fingerprint density at radius 2 is 2.00 bits per heavy atom. The number of anilines is 1. The van der Waals surface area contributed by atoms with Crippen molar-refractivity contribution in [1.82, 2.24) is 4.98 Å². The minimum absolute atomic E-state index is 0.184. The molecule has 1 N–H and O–H groups in total. The number of benzene rings is 1. The molecule has 2 aliphatic rings. The molecule has 0 bridgehead atoms. The lowest BCUT2D eigenvalue weighted by molar-refractivity contribution is 0.428. The zero-order valence-electron chi connectivity index (χ0n) is 10.7. The molecule has 2 saturated carbocycles. The largest absolute Gasteiger partial charge is 0.361 e. The molecule has 2 nitrogen and oxygen atoms in total. The molecule has 1 heterocycles. The standard InChI is InChI=1S/C15H17FN2S/c16-11-5-6-13-14(7-11)19-15(18-13)17-8-12(9-1-2-9)10-3-4-10/h5-7,9-10,12H,1-4,8H2,(H,17,18). The van der Waals surface area contributed by atoms with Crippen LogP contribution in [-0.4, -0.2) is 11.5 Å². The molecule has 2 aromatic rings. The molecule has 0 aliphatic heterocycles. The fourth-order valence-corrected chi connectivity index (χ4v) is 3.84. The third-order valence-corrected chi connectivity index (χ3v) is 5.27. The topological polar surface area (TPSA) is 24.9 Å². The summed E-state index contributed by atoms with van der Waals surface area (Å²) < 4.78 is 14.1. The van der Waals surface area contributed by atoms with Crippen molar-refractivity contribution in [3.63, 3.8) is 0 Å². The second kappa shape index (κ2) is 4.44. The van der Waals surface area contributed by atoms with Crippen molar-refractivity contribution >= 4 is 26.7 Å². The molecule has 19 heavy (non-hydrogen) atoms. The lowest BCUT2D eigenvalue weighted by atomic mass is 9.98. The molecular weight excluding hydrogens is 259 g/mol. The Kier molecular flexibility index (Phi) is 2.72. The van der Waals surface area contributed by atoms with Crippen LogP contribution in [0.4, 0.5) is 9.52 Å². The maximum Gasteiger partial charge on any atom is 0.183 e. The van der Waals surface area contributed by atoms with E-state index in [1.54, 1.807) is 23.5 Å². The number of nitrogens with zero attached hydrogens (tertiary/aromatic N) is 1. The molecule has 0 radical (unpaired) electrons. The lowest BCUT2D eigenvalue weighted by Gasteiger charge is -2.15. The van der Waals surface area contributed by atoms with Gasteiger partial charge in [-0.3, -0.25) is 0 Å². The zero-order valence-corrected chi connectivity index (χ0v) is 11.5. The third kappa shape index (κ3) is 2.46. The monoisotopic (exact) mass is 276 g/mol. The van der Waals surface area contributed by atoms with Gasteiger partial charge in [-0.05, 0) is 61.6 Å². The smallest absolute Gasteiger partial charge is 0.183 e. The van der Waals surface area contributed by atoms with Gasteiger partial charge in [0, 0.05) is 6.54 Å². The number of aromatic nitrogens is 1. The van der Waals surface area contributed by atoms with Crippen molar-refractivity contribution < 1.29 is 4.39 Å². The highest BCUT2D eigenvalue weighted by Crippen LogP contribution is 2.49. The van der Waals surface area contributed by atoms with Crippen LogP contribution in [0.3, 0.4) is 0 Å². The van der Waals surface area contributed by atoms with Crippen molar-refractivity contribution in [2.24, 2.45) is 17.8 Å². The van der Waals surface area contributed by atoms with E-state index >= 15 is 0 Å². The number of hydrogen-bond donors (Lipinski definition) is 1. The second-order valence-corrected chi connectivity index (χ2v) is 6.88. The lowest BCUT2D eigenvalue weighted by Crippen LogP contribution is -2.18. The van der Waals surface area contributed by atoms with Gasteiger partial charge in [0.2, 0.25) is 0 Å². The first-order valence-electron chi connectivity index (χ1n) is 7.09. The number of halogens is 1. The van der Waals surface area contributed by atoms with Crippen molar-refractivity contribution in [2.75, 3.05) is 11.9 Å². The first kappa shape index (κ1) is 11.6. The summed E-state index contributed by atoms with van der Waals surface area (Å²) in [5, 5.41) is 4.42. The van der Waals surface area contributed by atoms with Crippen molar-refractivity contribution in [3.05, 3.63) is 24.0 Å². The number of hydrogen-bond acceptors (Lipinski definition) is 3. The maximum atomic E-state index is 13.1. The van der Waals surface area contributed by atoms with Crippen LogP contribution in [0.15, 0.2) is 18.2 Å². The summed E-state index contributed by atoms with van der Waals surface area (Å²) in [4.78, 5) is 4.53. The van der Waals surface area contributed by atoms with Crippen molar-refractivity contribution in [1.29, 1.82) is 0 Å². The summed E-state index contributed by atoms with van der Waals surface area (Å²) in [5.41, 5.74) is 0.892. The molecule has 100 valence electrons. The van der Waals surface area contributed by atoms with E-state index in [0.717, 1.165) is 39.6 Å². The van der Waals surface area contributed by atoms with E-state index in [1.807, 2.05) is 0 Å². The van der Waals surface area contributed by atoms with E-state index in [0.29, 0.717) is 0 Å². The number of fused-ring (bicyclic) bond motifs is 1. The number of nitrogens with one attached hydrogen (secondary N) is 1. The Hall–Kier alpha value is -1.16. The summed E-state index contributed by atoms with van der Waals surface area (Å²) in [6.07, 6.45) is 5.64. The van der Waals surface area contributed by atoms with Crippen LogP contribution in [0.2, 0.25) is 0 Å². The number of thiazole rings is 1. The van der Waals surface area contributed by atoms with Gasteiger partial charge in [0.1, 0.15) is 5.82 Å². The Balaban J connectivity index is 1.48. The molecule has 0 saturated heterocycles. The van der Waals surface area contributed by atoms with Crippen LogP contribution in [0.5, 0.6) is 0 Å². The molecule has 1 aromatic carbocycles. The van der Waals surface area contributed by atoms with Gasteiger partial charge in [0.15, 0.2) is 5.13 Å². The Bertz CT molecular complexity index is 589. The summed E-state index contributed by atoms with van der Waals surface area (Å²) in [5.74, 6) is 2.55. The summed E-state index contributed by atoms with van der Waals surface area (Å²) in [6.45, 7) is 1.04. The van der Waals surface area contributed by atoms with Gasteiger partial charge in [-0.1, -0.05) is 11.3 Å². The van der Waals surface area contributed by atoms with Gasteiger partial charge in [0.05, 0.1) is 10.2 Å². The molecule has 0 atom stereocenters. The fourth-order valence-electron chi connectivity index (χ4n) is 2.95. The van der Waals surface area contributed by atoms with E-state index in [1.165, 1.54) is 31.7 Å². The van der Waals surface area contributed by atoms with Crippen LogP contribution < -0.4 is 5.32 Å². The highest BCUT2D eigenvalue weighted by atomic mass is 32.1. The van der Waals surface area contributed by atoms with E-state index in [4.69, 9.17) is 0 Å². The molecule has 2 fully saturated rings. The molecule has 2 aliphatic carbocycles. The van der Waals surface area contributed by atoms with Gasteiger partial charge in [-0.2, -0.15) is 0 Å². The molecule has 4 rings (SSSR count). The van der Waals surface area contributed by atoms with Gasteiger partial charge < -0.3 is 5.32 Å². The fraction of sp³-hybridized carbons (Fsp3) is 0.533. The average molecular weight is 276 g/mol. The second-order valence-electron chi connectivity index (χ2n) is 5.85. The van der Waals surface area contributed by atoms with E-state index in [-0.39, 0.29) is 5.82 Å². The van der Waals surface area contributed by atoms with Crippen molar-refractivity contribution in [2.45, 2.75) is 25.7 Å². The molecule has 0 unspecified atom stereocenters. The molecule has 0 amide bonds. The predicted octanol–water partition coefficient (Wildman–Crippen LogP) is 4.28. The third-order valence-electron chi connectivity index (χ3n) is 4.29. The van der Waals surface area contributed by atoms with Crippen LogP contribution in [0.25, 0.3) is 10.2 Å². The molecule has 0 spiro atoms. The summed E-state index contributed by atoms with van der Waals surface area (Å²) in [6, 6.07) is 4.80. The SMILES string of the molecule is Fc1ccc2nc(NCC(C3CC3)C3CC3)sc2c1. The molecule has 1 aromatic heterocycles. The minimum Gasteiger partial charge on any atom is -0.361 e. The first-order valence-corrected chi connectivity index (χ1v) is 7.91. The Morgan fingerprint density at radius 3 is 2.68 bits per heavy atom. The van der Waals surface area contributed by atoms with Gasteiger partial charge >= 0.3 is 0 Å². The van der Waals surface area contributed by atoms with Crippen LogP contribution in [-0.2, 0) is 0 Å². The molecular formula is C15H17FN2S. The van der Waals surface area contributed by atoms with Crippen molar-refractivity contribution in [3.8, 4) is 0 Å². The normalized spacial score (nSPS) is 19.3. The number of rotatable bonds is 5. The quantitative estimate of drug-likeness (QED) is 0.881. The maximum absolute atomic E-state index is 13.1. The van der Waals surface area contributed by atoms with Crippen LogP contribution in [0, 0.1) is 23.6 Å². The van der Waals surface area contributed by atoms with E-state index in [2.05, 4.69) is 10.3 Å². The minimum atomic E-state index is -0.184. The van der Waals surface area contributed by atoms with Gasteiger partial charge in [-0.25, -0.2) is 9.37 Å². The Labute approximate surface area is 116 Å². The van der Waals surface area contributed by atoms with Crippen LogP contribution in [0.1, 0.15) is 25.7 Å². The van der Waals surface area contributed by atoms with Gasteiger partial charge in [0.25, 0.3) is 0 Å². The first-order chi connectivity index (χ1) is 9.29. The predicted molar refractivity (Wildman–Crippen MR) is 77.0 cm³/mol. The summed E-state index contributed by atoms with van der Waals surface area (Å²) >= 11 is 1.56. The van der Waals surface area contributed by atoms with E-state index < -0.39 is 0 Å². The van der Waals surface area contributed by atoms with Gasteiger partial charge in [-0.15, -0.1) is 0 Å². The van der Waals surface area contributed by atoms with E-state index in [9.17, 15) is 4.39 Å². The van der Waals surface area contributed by atoms with Crippen LogP contribution >= 0.6 is 11.3 Å². The average Bonchev–Trinajstić information content (AvgIpc) is 3.28. The summed E-state index contributed by atoms with van der Waals surface area (Å²) in [7, 11) is 0. The Morgan fingerprint density at radius 1 is 1.26 bits per heavy atom. The highest BCUT2D eigenvalue weighted by Gasteiger charge is 2.41.